The Morgan fingerprint density at radius 2 is 1.92 bits per heavy atom. The van der Waals surface area contributed by atoms with Gasteiger partial charge in [-0.1, -0.05) is 45.9 Å². The van der Waals surface area contributed by atoms with E-state index in [1.165, 1.54) is 32.4 Å². The Labute approximate surface area is 151 Å². The monoisotopic (exact) mass is 383 g/mol. The summed E-state index contributed by atoms with van der Waals surface area (Å²) in [7, 11) is -1.53. The Balaban J connectivity index is 2.22. The third kappa shape index (κ3) is 4.58. The van der Waals surface area contributed by atoms with Gasteiger partial charge in [-0.05, 0) is 30.7 Å². The average molecular weight is 384 g/mol. The van der Waals surface area contributed by atoms with Crippen LogP contribution in [0.3, 0.4) is 0 Å². The van der Waals surface area contributed by atoms with Gasteiger partial charge in [-0.3, -0.25) is 4.84 Å². The lowest BCUT2D eigenvalue weighted by Gasteiger charge is -2.15. The molecule has 0 unspecified atom stereocenters. The van der Waals surface area contributed by atoms with Gasteiger partial charge in [-0.15, -0.1) is 0 Å². The third-order valence-corrected chi connectivity index (χ3v) is 5.65. The highest BCUT2D eigenvalue weighted by molar-refractivity contribution is 7.89. The molecule has 0 aliphatic heterocycles. The van der Waals surface area contributed by atoms with Crippen LogP contribution in [0, 0.1) is 6.92 Å². The molecule has 0 aliphatic rings. The number of aryl methyl sites for hydroxylation is 1. The molecule has 0 bridgehead atoms. The quantitative estimate of drug-likeness (QED) is 0.565. The van der Waals surface area contributed by atoms with Gasteiger partial charge >= 0.3 is 5.97 Å². The number of benzene rings is 2. The predicted octanol–water partition coefficient (Wildman–Crippen LogP) is 3.19. The van der Waals surface area contributed by atoms with E-state index in [0.29, 0.717) is 4.47 Å². The molecule has 25 heavy (non-hydrogen) atoms. The van der Waals surface area contributed by atoms with Crippen LogP contribution < -0.4 is 0 Å². The van der Waals surface area contributed by atoms with Crippen LogP contribution in [0.5, 0.6) is 0 Å². The molecule has 0 radical (unpaired) electrons. The van der Waals surface area contributed by atoms with E-state index in [0.717, 1.165) is 11.1 Å². The molecule has 0 saturated carbocycles. The number of nitrogens with zero attached hydrogens (tertiary/aromatic N) is 1. The summed E-state index contributed by atoms with van der Waals surface area (Å²) in [5, 5.41) is -0.0147. The highest BCUT2D eigenvalue weighted by Crippen LogP contribution is 2.25. The van der Waals surface area contributed by atoms with Crippen LogP contribution in [-0.2, 0) is 26.2 Å². The van der Waals surface area contributed by atoms with Gasteiger partial charge in [0.1, 0.15) is 11.5 Å². The number of sulfonamides is 1. The number of rotatable bonds is 6. The van der Waals surface area contributed by atoms with E-state index in [1.807, 2.05) is 31.2 Å². The number of hydroxylamine groups is 1. The van der Waals surface area contributed by atoms with E-state index in [9.17, 15) is 13.2 Å². The van der Waals surface area contributed by atoms with E-state index in [4.69, 9.17) is 21.2 Å². The van der Waals surface area contributed by atoms with E-state index in [-0.39, 0.29) is 22.1 Å². The van der Waals surface area contributed by atoms with Crippen LogP contribution in [0.2, 0.25) is 5.02 Å². The Bertz CT molecular complexity index is 882. The minimum absolute atomic E-state index is 0.0147. The molecule has 0 N–H and O–H groups in total. The zero-order chi connectivity index (χ0) is 18.6. The standard InChI is InChI=1S/C17H18ClNO5S/c1-12-5-4-6-13(9-12)11-24-17(20)14-7-8-15(18)16(10-14)25(21,22)19(2)23-3/h4-10H,11H2,1-3H3. The summed E-state index contributed by atoms with van der Waals surface area (Å²) in [5.41, 5.74) is 1.98. The third-order valence-electron chi connectivity index (χ3n) is 3.49. The SMILES string of the molecule is CON(C)S(=O)(=O)c1cc(C(=O)OCc2cccc(C)c2)ccc1Cl. The van der Waals surface area contributed by atoms with E-state index in [2.05, 4.69) is 0 Å². The highest BCUT2D eigenvalue weighted by atomic mass is 35.5. The number of carbonyl (C=O) groups is 1. The summed E-state index contributed by atoms with van der Waals surface area (Å²) in [5.74, 6) is -0.644. The second kappa shape index (κ2) is 7.97. The minimum Gasteiger partial charge on any atom is -0.457 e. The minimum atomic E-state index is -3.98. The number of ether oxygens (including phenoxy) is 1. The lowest BCUT2D eigenvalue weighted by molar-refractivity contribution is -0.0258. The maximum absolute atomic E-state index is 12.3. The number of hydrogen-bond donors (Lipinski definition) is 0. The molecule has 0 spiro atoms. The van der Waals surface area contributed by atoms with Crippen molar-refractivity contribution < 1.29 is 22.8 Å². The van der Waals surface area contributed by atoms with Crippen molar-refractivity contribution in [2.24, 2.45) is 0 Å². The van der Waals surface area contributed by atoms with Gasteiger partial charge < -0.3 is 4.74 Å². The fraction of sp³-hybridized carbons (Fsp3) is 0.235. The van der Waals surface area contributed by atoms with Crippen LogP contribution in [0.1, 0.15) is 21.5 Å². The summed E-state index contributed by atoms with van der Waals surface area (Å²) in [6, 6.07) is 11.5. The summed E-state index contributed by atoms with van der Waals surface area (Å²) >= 11 is 5.96. The maximum atomic E-state index is 12.3. The molecule has 8 heteroatoms. The van der Waals surface area contributed by atoms with Crippen molar-refractivity contribution >= 4 is 27.6 Å². The predicted molar refractivity (Wildman–Crippen MR) is 93.7 cm³/mol. The summed E-state index contributed by atoms with van der Waals surface area (Å²) in [6.45, 7) is 2.02. The summed E-state index contributed by atoms with van der Waals surface area (Å²) in [6.07, 6.45) is 0. The Morgan fingerprint density at radius 3 is 2.56 bits per heavy atom. The van der Waals surface area contributed by atoms with Crippen LogP contribution in [0.15, 0.2) is 47.4 Å². The van der Waals surface area contributed by atoms with Crippen molar-refractivity contribution in [3.8, 4) is 0 Å². The molecule has 134 valence electrons. The molecule has 2 aromatic rings. The van der Waals surface area contributed by atoms with Gasteiger partial charge in [0.15, 0.2) is 0 Å². The molecule has 6 nitrogen and oxygen atoms in total. The largest absolute Gasteiger partial charge is 0.457 e. The van der Waals surface area contributed by atoms with E-state index >= 15 is 0 Å². The average Bonchev–Trinajstić information content (AvgIpc) is 2.59. The van der Waals surface area contributed by atoms with E-state index in [1.54, 1.807) is 0 Å². The number of halogens is 1. The van der Waals surface area contributed by atoms with Crippen LogP contribution in [-0.4, -0.2) is 33.0 Å². The van der Waals surface area contributed by atoms with Crippen LogP contribution in [0.4, 0.5) is 0 Å². The Kier molecular flexibility index (Phi) is 6.18. The lowest BCUT2D eigenvalue weighted by atomic mass is 10.1. The van der Waals surface area contributed by atoms with Gasteiger partial charge in [-0.2, -0.15) is 0 Å². The topological polar surface area (TPSA) is 72.9 Å². The lowest BCUT2D eigenvalue weighted by Crippen LogP contribution is -2.26. The molecular weight excluding hydrogens is 366 g/mol. The smallest absolute Gasteiger partial charge is 0.338 e. The molecule has 0 atom stereocenters. The zero-order valence-corrected chi connectivity index (χ0v) is 15.6. The number of carbonyl (C=O) groups excluding carboxylic acids is 1. The molecule has 2 aromatic carbocycles. The molecule has 0 amide bonds. The van der Waals surface area contributed by atoms with Crippen molar-refractivity contribution in [1.29, 1.82) is 0 Å². The highest BCUT2D eigenvalue weighted by Gasteiger charge is 2.25. The summed E-state index contributed by atoms with van der Waals surface area (Å²) in [4.78, 5) is 16.7. The molecule has 2 rings (SSSR count). The normalized spacial score (nSPS) is 11.6. The first kappa shape index (κ1) is 19.4. The number of hydrogen-bond acceptors (Lipinski definition) is 5. The Hall–Kier alpha value is -1.93. The molecule has 0 fully saturated rings. The Morgan fingerprint density at radius 1 is 1.20 bits per heavy atom. The van der Waals surface area contributed by atoms with Gasteiger partial charge in [-0.25, -0.2) is 13.2 Å². The fourth-order valence-electron chi connectivity index (χ4n) is 2.10. The maximum Gasteiger partial charge on any atom is 0.338 e. The second-order valence-electron chi connectivity index (χ2n) is 5.31. The first-order valence-corrected chi connectivity index (χ1v) is 9.12. The van der Waals surface area contributed by atoms with Crippen molar-refractivity contribution in [3.05, 3.63) is 64.2 Å². The van der Waals surface area contributed by atoms with Crippen molar-refractivity contribution in [2.45, 2.75) is 18.4 Å². The molecule has 0 heterocycles. The van der Waals surface area contributed by atoms with Gasteiger partial charge in [0.25, 0.3) is 10.0 Å². The fourth-order valence-corrected chi connectivity index (χ4v) is 3.57. The van der Waals surface area contributed by atoms with Crippen molar-refractivity contribution in [3.63, 3.8) is 0 Å². The van der Waals surface area contributed by atoms with Crippen LogP contribution in [0.25, 0.3) is 0 Å². The van der Waals surface area contributed by atoms with Crippen molar-refractivity contribution in [1.82, 2.24) is 4.47 Å². The molecule has 0 saturated heterocycles. The first-order chi connectivity index (χ1) is 11.8. The zero-order valence-electron chi connectivity index (χ0n) is 14.0. The first-order valence-electron chi connectivity index (χ1n) is 7.31. The molecule has 0 aromatic heterocycles. The van der Waals surface area contributed by atoms with Crippen molar-refractivity contribution in [2.75, 3.05) is 14.2 Å². The summed E-state index contributed by atoms with van der Waals surface area (Å²) < 4.78 is 30.6. The molecular formula is C17H18ClNO5S. The van der Waals surface area contributed by atoms with Crippen LogP contribution >= 0.6 is 11.6 Å². The van der Waals surface area contributed by atoms with Gasteiger partial charge in [0.05, 0.1) is 17.7 Å². The molecule has 0 aliphatic carbocycles. The van der Waals surface area contributed by atoms with Gasteiger partial charge in [0, 0.05) is 7.05 Å². The number of esters is 1. The van der Waals surface area contributed by atoms with Gasteiger partial charge in [0.2, 0.25) is 0 Å². The van der Waals surface area contributed by atoms with E-state index < -0.39 is 16.0 Å². The second-order valence-corrected chi connectivity index (χ2v) is 7.62.